The first-order valence-electron chi connectivity index (χ1n) is 10.0. The van der Waals surface area contributed by atoms with Crippen LogP contribution in [0, 0.1) is 6.92 Å². The Morgan fingerprint density at radius 3 is 2.28 bits per heavy atom. The number of thioether (sulfide) groups is 1. The Balaban J connectivity index is 2.11. The molecule has 1 atom stereocenters. The van der Waals surface area contributed by atoms with Gasteiger partial charge in [0.1, 0.15) is 6.04 Å². The molecule has 0 bridgehead atoms. The molecule has 0 aliphatic heterocycles. The van der Waals surface area contributed by atoms with Crippen LogP contribution < -0.4 is 5.32 Å². The first-order chi connectivity index (χ1) is 13.7. The molecular formula is C24H32N2O2S. The van der Waals surface area contributed by atoms with E-state index in [0.717, 1.165) is 16.0 Å². The van der Waals surface area contributed by atoms with E-state index in [2.05, 4.69) is 5.32 Å². The maximum Gasteiger partial charge on any atom is 0.242 e. The number of nitrogens with zero attached hydrogens (tertiary/aromatic N) is 1. The third kappa shape index (κ3) is 7.58. The van der Waals surface area contributed by atoms with Crippen LogP contribution in [0.4, 0.5) is 0 Å². The van der Waals surface area contributed by atoms with Crippen molar-refractivity contribution >= 4 is 23.6 Å². The van der Waals surface area contributed by atoms with Crippen LogP contribution in [0.25, 0.3) is 0 Å². The lowest BCUT2D eigenvalue weighted by Gasteiger charge is -2.32. The number of hydrogen-bond donors (Lipinski definition) is 1. The molecule has 1 N–H and O–H groups in total. The maximum atomic E-state index is 13.1. The third-order valence-electron chi connectivity index (χ3n) is 4.60. The standard InChI is InChI=1S/C24H32N2O2S/c1-18-11-9-10-12-20(18)17-26(19(2)23(28)25-24(3,4)5)22(27)15-16-29-21-13-7-6-8-14-21/h6-14,19H,15-17H2,1-5H3,(H,25,28)/t19-/m1/s1. The highest BCUT2D eigenvalue weighted by Gasteiger charge is 2.28. The monoisotopic (exact) mass is 412 g/mol. The van der Waals surface area contributed by atoms with E-state index in [9.17, 15) is 9.59 Å². The first-order valence-corrected chi connectivity index (χ1v) is 11.0. The topological polar surface area (TPSA) is 49.4 Å². The highest BCUT2D eigenvalue weighted by molar-refractivity contribution is 7.99. The predicted octanol–water partition coefficient (Wildman–Crippen LogP) is 4.81. The molecule has 0 aromatic heterocycles. The minimum Gasteiger partial charge on any atom is -0.350 e. The molecule has 2 amide bonds. The fraction of sp³-hybridized carbons (Fsp3) is 0.417. The summed E-state index contributed by atoms with van der Waals surface area (Å²) in [6, 6.07) is 17.5. The highest BCUT2D eigenvalue weighted by atomic mass is 32.2. The van der Waals surface area contributed by atoms with Gasteiger partial charge in [-0.25, -0.2) is 0 Å². The van der Waals surface area contributed by atoms with Gasteiger partial charge in [0.2, 0.25) is 11.8 Å². The summed E-state index contributed by atoms with van der Waals surface area (Å²) in [5, 5.41) is 3.00. The van der Waals surface area contributed by atoms with Gasteiger partial charge in [0, 0.05) is 29.2 Å². The number of hydrogen-bond acceptors (Lipinski definition) is 3. The Bertz CT molecular complexity index is 815. The van der Waals surface area contributed by atoms with Crippen molar-refractivity contribution in [2.75, 3.05) is 5.75 Å². The molecule has 0 unspecified atom stereocenters. The maximum absolute atomic E-state index is 13.1. The number of amides is 2. The summed E-state index contributed by atoms with van der Waals surface area (Å²) in [6.07, 6.45) is 0.387. The van der Waals surface area contributed by atoms with Crippen LogP contribution in [0.1, 0.15) is 45.2 Å². The van der Waals surface area contributed by atoms with E-state index in [4.69, 9.17) is 0 Å². The SMILES string of the molecule is Cc1ccccc1CN(C(=O)CCSc1ccccc1)[C@H](C)C(=O)NC(C)(C)C. The van der Waals surface area contributed by atoms with Gasteiger partial charge in [-0.2, -0.15) is 0 Å². The van der Waals surface area contributed by atoms with E-state index in [-0.39, 0.29) is 17.4 Å². The first kappa shape index (κ1) is 23.0. The van der Waals surface area contributed by atoms with Crippen LogP contribution in [0.5, 0.6) is 0 Å². The molecule has 0 radical (unpaired) electrons. The zero-order chi connectivity index (χ0) is 21.4. The van der Waals surface area contributed by atoms with Crippen LogP contribution >= 0.6 is 11.8 Å². The van der Waals surface area contributed by atoms with Crippen LogP contribution in [0.15, 0.2) is 59.5 Å². The van der Waals surface area contributed by atoms with Gasteiger partial charge in [-0.15, -0.1) is 11.8 Å². The smallest absolute Gasteiger partial charge is 0.242 e. The highest BCUT2D eigenvalue weighted by Crippen LogP contribution is 2.20. The minimum absolute atomic E-state index is 0.00626. The molecule has 29 heavy (non-hydrogen) atoms. The number of rotatable bonds is 8. The normalized spacial score (nSPS) is 12.3. The second-order valence-electron chi connectivity index (χ2n) is 8.27. The summed E-state index contributed by atoms with van der Waals surface area (Å²) in [5.41, 5.74) is 1.84. The molecule has 2 aromatic carbocycles. The van der Waals surface area contributed by atoms with Gasteiger partial charge in [-0.3, -0.25) is 9.59 Å². The third-order valence-corrected chi connectivity index (χ3v) is 5.61. The van der Waals surface area contributed by atoms with Gasteiger partial charge in [0.25, 0.3) is 0 Å². The zero-order valence-corrected chi connectivity index (χ0v) is 18.9. The van der Waals surface area contributed by atoms with E-state index in [1.165, 1.54) is 0 Å². The van der Waals surface area contributed by atoms with Gasteiger partial charge in [0.15, 0.2) is 0 Å². The van der Waals surface area contributed by atoms with Crippen LogP contribution in [-0.4, -0.2) is 34.0 Å². The zero-order valence-electron chi connectivity index (χ0n) is 18.1. The molecule has 0 saturated carbocycles. The molecular weight excluding hydrogens is 380 g/mol. The Labute approximate surface area is 179 Å². The molecule has 2 rings (SSSR count). The number of aryl methyl sites for hydroxylation is 1. The summed E-state index contributed by atoms with van der Waals surface area (Å²) >= 11 is 1.66. The molecule has 0 heterocycles. The summed E-state index contributed by atoms with van der Waals surface area (Å²) in [7, 11) is 0. The number of carbonyl (C=O) groups is 2. The van der Waals surface area contributed by atoms with Gasteiger partial charge in [0.05, 0.1) is 0 Å². The number of nitrogens with one attached hydrogen (secondary N) is 1. The fourth-order valence-electron chi connectivity index (χ4n) is 2.94. The molecule has 5 heteroatoms. The van der Waals surface area contributed by atoms with Gasteiger partial charge in [-0.05, 0) is 57.9 Å². The van der Waals surface area contributed by atoms with E-state index in [1.807, 2.05) is 89.2 Å². The molecule has 156 valence electrons. The van der Waals surface area contributed by atoms with Crippen molar-refractivity contribution in [2.45, 2.75) is 64.1 Å². The number of benzene rings is 2. The quantitative estimate of drug-likeness (QED) is 0.633. The predicted molar refractivity (Wildman–Crippen MR) is 121 cm³/mol. The van der Waals surface area contributed by atoms with Crippen molar-refractivity contribution in [1.82, 2.24) is 10.2 Å². The van der Waals surface area contributed by atoms with Crippen molar-refractivity contribution < 1.29 is 9.59 Å². The lowest BCUT2D eigenvalue weighted by atomic mass is 10.1. The lowest BCUT2D eigenvalue weighted by Crippen LogP contribution is -2.52. The molecule has 0 spiro atoms. The summed E-state index contributed by atoms with van der Waals surface area (Å²) in [6.45, 7) is 10.1. The van der Waals surface area contributed by atoms with Crippen LogP contribution in [-0.2, 0) is 16.1 Å². The fourth-order valence-corrected chi connectivity index (χ4v) is 3.81. The lowest BCUT2D eigenvalue weighted by molar-refractivity contribution is -0.140. The van der Waals surface area contributed by atoms with Crippen LogP contribution in [0.3, 0.4) is 0 Å². The van der Waals surface area contributed by atoms with Crippen molar-refractivity contribution in [3.63, 3.8) is 0 Å². The van der Waals surface area contributed by atoms with Gasteiger partial charge in [-0.1, -0.05) is 42.5 Å². The van der Waals surface area contributed by atoms with Crippen molar-refractivity contribution in [3.05, 3.63) is 65.7 Å². The van der Waals surface area contributed by atoms with E-state index >= 15 is 0 Å². The molecule has 0 aliphatic carbocycles. The molecule has 0 saturated heterocycles. The Kier molecular flexibility index (Phi) is 8.32. The second kappa shape index (κ2) is 10.5. The van der Waals surface area contributed by atoms with Gasteiger partial charge < -0.3 is 10.2 Å². The minimum atomic E-state index is -0.539. The van der Waals surface area contributed by atoms with Crippen molar-refractivity contribution in [1.29, 1.82) is 0 Å². The van der Waals surface area contributed by atoms with E-state index in [0.29, 0.717) is 18.7 Å². The second-order valence-corrected chi connectivity index (χ2v) is 9.44. The van der Waals surface area contributed by atoms with Crippen molar-refractivity contribution in [2.24, 2.45) is 0 Å². The van der Waals surface area contributed by atoms with E-state index in [1.54, 1.807) is 16.7 Å². The summed E-state index contributed by atoms with van der Waals surface area (Å²) in [5.74, 6) is 0.546. The average Bonchev–Trinajstić information content (AvgIpc) is 2.66. The Hall–Kier alpha value is -2.27. The molecule has 0 fully saturated rings. The summed E-state index contributed by atoms with van der Waals surface area (Å²) in [4.78, 5) is 28.7. The van der Waals surface area contributed by atoms with Crippen molar-refractivity contribution in [3.8, 4) is 0 Å². The summed E-state index contributed by atoms with van der Waals surface area (Å²) < 4.78 is 0. The molecule has 0 aliphatic rings. The van der Waals surface area contributed by atoms with Gasteiger partial charge >= 0.3 is 0 Å². The molecule has 2 aromatic rings. The van der Waals surface area contributed by atoms with E-state index < -0.39 is 6.04 Å². The van der Waals surface area contributed by atoms with Crippen LogP contribution in [0.2, 0.25) is 0 Å². The Morgan fingerprint density at radius 1 is 1.03 bits per heavy atom. The largest absolute Gasteiger partial charge is 0.350 e. The average molecular weight is 413 g/mol. The number of carbonyl (C=O) groups excluding carboxylic acids is 2. The molecule has 4 nitrogen and oxygen atoms in total. The Morgan fingerprint density at radius 2 is 1.66 bits per heavy atom.